The van der Waals surface area contributed by atoms with Crippen LogP contribution in [-0.4, -0.2) is 14.7 Å². The number of rotatable bonds is 1. The maximum atomic E-state index is 13.0. The van der Waals surface area contributed by atoms with Crippen LogP contribution in [0.2, 0.25) is 0 Å². The molecule has 1 aromatic rings. The summed E-state index contributed by atoms with van der Waals surface area (Å²) in [6, 6.07) is 5.19. The highest BCUT2D eigenvalue weighted by atomic mass is 32.2. The minimum atomic E-state index is -3.67. The normalized spacial score (nSPS) is 10.8. The number of nitrogens with zero attached hydrogens (tertiary/aromatic N) is 1. The summed E-state index contributed by atoms with van der Waals surface area (Å²) < 4.78 is 35.1. The van der Waals surface area contributed by atoms with E-state index < -0.39 is 20.5 Å². The van der Waals surface area contributed by atoms with Gasteiger partial charge in [-0.25, -0.2) is 12.8 Å². The van der Waals surface area contributed by atoms with Crippen molar-refractivity contribution in [2.75, 3.05) is 6.26 Å². The Balaban J connectivity index is 3.62. The Kier molecular flexibility index (Phi) is 2.34. The van der Waals surface area contributed by atoms with E-state index >= 15 is 0 Å². The van der Waals surface area contributed by atoms with Crippen LogP contribution in [0.1, 0.15) is 5.56 Å². The van der Waals surface area contributed by atoms with Crippen molar-refractivity contribution in [1.82, 2.24) is 0 Å². The molecule has 0 amide bonds. The van der Waals surface area contributed by atoms with Crippen LogP contribution in [0.3, 0.4) is 0 Å². The van der Waals surface area contributed by atoms with E-state index in [1.54, 1.807) is 6.07 Å². The zero-order valence-electron chi connectivity index (χ0n) is 6.78. The van der Waals surface area contributed by atoms with Crippen molar-refractivity contribution in [2.45, 2.75) is 4.90 Å². The van der Waals surface area contributed by atoms with Crippen LogP contribution in [0.4, 0.5) is 4.39 Å². The van der Waals surface area contributed by atoms with Crippen molar-refractivity contribution in [3.05, 3.63) is 29.6 Å². The molecule has 0 radical (unpaired) electrons. The molecule has 0 N–H and O–H groups in total. The van der Waals surface area contributed by atoms with Crippen LogP contribution < -0.4 is 0 Å². The summed E-state index contributed by atoms with van der Waals surface area (Å²) in [5.41, 5.74) is -0.164. The fraction of sp³-hybridized carbons (Fsp3) is 0.125. The lowest BCUT2D eigenvalue weighted by molar-refractivity contribution is 0.570. The predicted octanol–water partition coefficient (Wildman–Crippen LogP) is 1.10. The summed E-state index contributed by atoms with van der Waals surface area (Å²) in [4.78, 5) is -0.530. The van der Waals surface area contributed by atoms with Crippen LogP contribution in [0.15, 0.2) is 23.1 Å². The van der Waals surface area contributed by atoms with E-state index in [2.05, 4.69) is 0 Å². The Bertz CT molecular complexity index is 473. The third-order valence-corrected chi connectivity index (χ3v) is 2.61. The largest absolute Gasteiger partial charge is 0.224 e. The Morgan fingerprint density at radius 2 is 2.08 bits per heavy atom. The van der Waals surface area contributed by atoms with Crippen molar-refractivity contribution in [3.63, 3.8) is 0 Å². The predicted molar refractivity (Wildman–Crippen MR) is 44.2 cm³/mol. The molecule has 0 fully saturated rings. The third-order valence-electron chi connectivity index (χ3n) is 1.46. The van der Waals surface area contributed by atoms with Crippen LogP contribution in [0.5, 0.6) is 0 Å². The molecule has 0 saturated carbocycles. The minimum Gasteiger partial charge on any atom is -0.224 e. The molecule has 13 heavy (non-hydrogen) atoms. The summed E-state index contributed by atoms with van der Waals surface area (Å²) in [5.74, 6) is -0.887. The molecule has 0 spiro atoms. The minimum absolute atomic E-state index is 0.164. The van der Waals surface area contributed by atoms with Gasteiger partial charge in [0.05, 0.1) is 5.56 Å². The van der Waals surface area contributed by atoms with Gasteiger partial charge in [0.2, 0.25) is 0 Å². The number of hydrogen-bond acceptors (Lipinski definition) is 3. The highest BCUT2D eigenvalue weighted by molar-refractivity contribution is 7.90. The molecular formula is C8H6FNO2S. The standard InChI is InChI=1S/C8H6FNO2S/c1-13(11,12)8-6(5-10)3-2-4-7(8)9/h2-4H,1H3. The maximum Gasteiger partial charge on any atom is 0.179 e. The molecular weight excluding hydrogens is 193 g/mol. The number of halogens is 1. The van der Waals surface area contributed by atoms with Crippen molar-refractivity contribution >= 4 is 9.84 Å². The first-order valence-electron chi connectivity index (χ1n) is 3.35. The van der Waals surface area contributed by atoms with Crippen molar-refractivity contribution < 1.29 is 12.8 Å². The van der Waals surface area contributed by atoms with Crippen LogP contribution >= 0.6 is 0 Å². The second kappa shape index (κ2) is 3.15. The fourth-order valence-electron chi connectivity index (χ4n) is 0.974. The number of hydrogen-bond donors (Lipinski definition) is 0. The van der Waals surface area contributed by atoms with E-state index in [1.165, 1.54) is 12.1 Å². The topological polar surface area (TPSA) is 57.9 Å². The lowest BCUT2D eigenvalue weighted by atomic mass is 10.2. The lowest BCUT2D eigenvalue weighted by Gasteiger charge is -2.01. The van der Waals surface area contributed by atoms with Gasteiger partial charge in [-0.3, -0.25) is 0 Å². The van der Waals surface area contributed by atoms with Gasteiger partial charge in [0.1, 0.15) is 16.8 Å². The van der Waals surface area contributed by atoms with Gasteiger partial charge < -0.3 is 0 Å². The number of benzene rings is 1. The average molecular weight is 199 g/mol. The quantitative estimate of drug-likeness (QED) is 0.680. The molecule has 1 aromatic carbocycles. The van der Waals surface area contributed by atoms with E-state index in [0.29, 0.717) is 0 Å². The van der Waals surface area contributed by atoms with Crippen LogP contribution in [0.25, 0.3) is 0 Å². The highest BCUT2D eigenvalue weighted by Gasteiger charge is 2.17. The zero-order valence-corrected chi connectivity index (χ0v) is 7.60. The van der Waals surface area contributed by atoms with Crippen molar-refractivity contribution in [2.24, 2.45) is 0 Å². The Hall–Kier alpha value is -1.41. The SMILES string of the molecule is CS(=O)(=O)c1c(F)cccc1C#N. The van der Waals surface area contributed by atoms with Gasteiger partial charge in [-0.05, 0) is 12.1 Å². The average Bonchev–Trinajstić information content (AvgIpc) is 2.01. The fourth-order valence-corrected chi connectivity index (χ4v) is 1.91. The second-order valence-corrected chi connectivity index (χ2v) is 4.45. The summed E-state index contributed by atoms with van der Waals surface area (Å²) in [6.07, 6.45) is 0.867. The van der Waals surface area contributed by atoms with Gasteiger partial charge in [-0.2, -0.15) is 5.26 Å². The smallest absolute Gasteiger partial charge is 0.179 e. The molecule has 0 aliphatic carbocycles. The van der Waals surface area contributed by atoms with Gasteiger partial charge in [0.15, 0.2) is 9.84 Å². The summed E-state index contributed by atoms with van der Waals surface area (Å²) in [5, 5.41) is 8.53. The van der Waals surface area contributed by atoms with E-state index in [1.807, 2.05) is 0 Å². The third kappa shape index (κ3) is 1.84. The van der Waals surface area contributed by atoms with Gasteiger partial charge in [0, 0.05) is 6.26 Å². The molecule has 0 bridgehead atoms. The molecule has 0 unspecified atom stereocenters. The Morgan fingerprint density at radius 3 is 2.46 bits per heavy atom. The molecule has 0 aliphatic heterocycles. The van der Waals surface area contributed by atoms with Gasteiger partial charge in [0.25, 0.3) is 0 Å². The number of sulfone groups is 1. The van der Waals surface area contributed by atoms with E-state index in [-0.39, 0.29) is 5.56 Å². The Labute approximate surface area is 75.3 Å². The van der Waals surface area contributed by atoms with Gasteiger partial charge in [-0.15, -0.1) is 0 Å². The molecule has 5 heteroatoms. The molecule has 0 aromatic heterocycles. The second-order valence-electron chi connectivity index (χ2n) is 2.50. The molecule has 68 valence electrons. The molecule has 0 saturated heterocycles. The zero-order chi connectivity index (χ0) is 10.1. The van der Waals surface area contributed by atoms with E-state index in [9.17, 15) is 12.8 Å². The van der Waals surface area contributed by atoms with E-state index in [0.717, 1.165) is 12.3 Å². The van der Waals surface area contributed by atoms with Gasteiger partial charge >= 0.3 is 0 Å². The highest BCUT2D eigenvalue weighted by Crippen LogP contribution is 2.18. The first-order valence-corrected chi connectivity index (χ1v) is 5.24. The lowest BCUT2D eigenvalue weighted by Crippen LogP contribution is -2.03. The van der Waals surface area contributed by atoms with E-state index in [4.69, 9.17) is 5.26 Å². The molecule has 1 rings (SSSR count). The molecule has 0 aliphatic rings. The summed E-state index contributed by atoms with van der Waals surface area (Å²) in [7, 11) is -3.67. The van der Waals surface area contributed by atoms with Crippen molar-refractivity contribution in [1.29, 1.82) is 5.26 Å². The van der Waals surface area contributed by atoms with Gasteiger partial charge in [-0.1, -0.05) is 6.07 Å². The van der Waals surface area contributed by atoms with Crippen LogP contribution in [0, 0.1) is 17.1 Å². The summed E-state index contributed by atoms with van der Waals surface area (Å²) >= 11 is 0. The summed E-state index contributed by atoms with van der Waals surface area (Å²) in [6.45, 7) is 0. The molecule has 3 nitrogen and oxygen atoms in total. The molecule has 0 atom stereocenters. The monoisotopic (exact) mass is 199 g/mol. The molecule has 0 heterocycles. The number of nitriles is 1. The maximum absolute atomic E-state index is 13.0. The van der Waals surface area contributed by atoms with Crippen molar-refractivity contribution in [3.8, 4) is 6.07 Å². The first-order chi connectivity index (χ1) is 5.96. The van der Waals surface area contributed by atoms with Crippen LogP contribution in [-0.2, 0) is 9.84 Å². The Morgan fingerprint density at radius 1 is 1.46 bits per heavy atom. The first kappa shape index (κ1) is 9.68.